The average Bonchev–Trinajstić information content (AvgIpc) is 2.81. The zero-order valence-corrected chi connectivity index (χ0v) is 15.5. The predicted octanol–water partition coefficient (Wildman–Crippen LogP) is 2.29. The summed E-state index contributed by atoms with van der Waals surface area (Å²) in [5.74, 6) is -1.28. The van der Waals surface area contributed by atoms with E-state index in [0.717, 1.165) is 18.4 Å². The van der Waals surface area contributed by atoms with Crippen LogP contribution in [0.25, 0.3) is 0 Å². The van der Waals surface area contributed by atoms with Crippen LogP contribution in [0, 0.1) is 0 Å². The van der Waals surface area contributed by atoms with E-state index in [2.05, 4.69) is 0 Å². The van der Waals surface area contributed by atoms with Gasteiger partial charge in [0.1, 0.15) is 6.54 Å². The third-order valence-corrected chi connectivity index (χ3v) is 5.60. The van der Waals surface area contributed by atoms with Crippen molar-refractivity contribution in [3.05, 3.63) is 34.3 Å². The molecule has 1 aliphatic heterocycles. The van der Waals surface area contributed by atoms with Crippen molar-refractivity contribution in [3.8, 4) is 0 Å². The topological polar surface area (TPSA) is 77.9 Å². The second-order valence-electron chi connectivity index (χ2n) is 7.05. The predicted molar refractivity (Wildman–Crippen MR) is 97.1 cm³/mol. The maximum atomic E-state index is 12.9. The van der Waals surface area contributed by atoms with Crippen LogP contribution in [0.1, 0.15) is 43.2 Å². The number of likely N-dealkylation sites (tertiary alicyclic amines) is 1. The molecule has 1 N–H and O–H groups in total. The normalized spacial score (nSPS) is 22.0. The van der Waals surface area contributed by atoms with E-state index in [9.17, 15) is 14.4 Å². The Morgan fingerprint density at radius 3 is 2.73 bits per heavy atom. The molecule has 2 atom stereocenters. The molecule has 1 aliphatic carbocycles. The third kappa shape index (κ3) is 3.85. The molecule has 6 nitrogen and oxygen atoms in total. The molecule has 2 unspecified atom stereocenters. The second-order valence-corrected chi connectivity index (χ2v) is 7.49. The van der Waals surface area contributed by atoms with E-state index in [-0.39, 0.29) is 30.3 Å². The lowest BCUT2D eigenvalue weighted by molar-refractivity contribution is -0.145. The van der Waals surface area contributed by atoms with Crippen molar-refractivity contribution < 1.29 is 19.5 Å². The lowest BCUT2D eigenvalue weighted by Crippen LogP contribution is -2.43. The van der Waals surface area contributed by atoms with Crippen LogP contribution in [0.3, 0.4) is 0 Å². The Kier molecular flexibility index (Phi) is 5.51. The Bertz CT molecular complexity index is 736. The highest BCUT2D eigenvalue weighted by molar-refractivity contribution is 6.30. The van der Waals surface area contributed by atoms with Gasteiger partial charge in [0.05, 0.1) is 5.92 Å². The van der Waals surface area contributed by atoms with Crippen LogP contribution >= 0.6 is 11.6 Å². The van der Waals surface area contributed by atoms with Crippen LogP contribution in [0.15, 0.2) is 18.2 Å². The summed E-state index contributed by atoms with van der Waals surface area (Å²) in [5.41, 5.74) is 2.18. The number of rotatable bonds is 4. The van der Waals surface area contributed by atoms with Crippen molar-refractivity contribution in [1.29, 1.82) is 0 Å². The zero-order chi connectivity index (χ0) is 18.8. The Morgan fingerprint density at radius 2 is 2.04 bits per heavy atom. The molecule has 140 valence electrons. The monoisotopic (exact) mass is 378 g/mol. The van der Waals surface area contributed by atoms with Gasteiger partial charge in [-0.05, 0) is 48.9 Å². The van der Waals surface area contributed by atoms with Crippen LogP contribution in [0.4, 0.5) is 0 Å². The smallest absolute Gasteiger partial charge is 0.323 e. The molecule has 2 amide bonds. The van der Waals surface area contributed by atoms with Gasteiger partial charge in [-0.1, -0.05) is 17.7 Å². The Labute approximate surface area is 157 Å². The van der Waals surface area contributed by atoms with Crippen molar-refractivity contribution in [2.75, 3.05) is 19.6 Å². The number of amides is 2. The summed E-state index contributed by atoms with van der Waals surface area (Å²) in [4.78, 5) is 39.0. The molecule has 0 saturated carbocycles. The van der Waals surface area contributed by atoms with E-state index < -0.39 is 5.97 Å². The van der Waals surface area contributed by atoms with Crippen LogP contribution in [0.5, 0.6) is 0 Å². The van der Waals surface area contributed by atoms with Crippen molar-refractivity contribution in [3.63, 3.8) is 0 Å². The van der Waals surface area contributed by atoms with Crippen LogP contribution in [-0.2, 0) is 20.8 Å². The van der Waals surface area contributed by atoms with E-state index in [0.29, 0.717) is 31.0 Å². The summed E-state index contributed by atoms with van der Waals surface area (Å²) in [6, 6.07) is 5.55. The molecule has 3 rings (SSSR count). The fraction of sp³-hybridized carbons (Fsp3) is 0.526. The van der Waals surface area contributed by atoms with Gasteiger partial charge in [-0.3, -0.25) is 14.4 Å². The molecule has 2 aliphatic rings. The van der Waals surface area contributed by atoms with Gasteiger partial charge >= 0.3 is 5.97 Å². The fourth-order valence-corrected chi connectivity index (χ4v) is 4.15. The molecular weight excluding hydrogens is 356 g/mol. The van der Waals surface area contributed by atoms with E-state index in [1.54, 1.807) is 0 Å². The molecule has 1 heterocycles. The van der Waals surface area contributed by atoms with E-state index in [1.165, 1.54) is 17.4 Å². The lowest BCUT2D eigenvalue weighted by Gasteiger charge is -2.34. The fourth-order valence-electron chi connectivity index (χ4n) is 3.97. The minimum absolute atomic E-state index is 0.105. The number of carboxylic acids is 1. The summed E-state index contributed by atoms with van der Waals surface area (Å²) in [7, 11) is 0. The van der Waals surface area contributed by atoms with Gasteiger partial charge in [-0.25, -0.2) is 0 Å². The first-order valence-electron chi connectivity index (χ1n) is 8.93. The summed E-state index contributed by atoms with van der Waals surface area (Å²) < 4.78 is 0. The highest BCUT2D eigenvalue weighted by atomic mass is 35.5. The largest absolute Gasteiger partial charge is 0.480 e. The number of benzene rings is 1. The molecule has 1 fully saturated rings. The van der Waals surface area contributed by atoms with E-state index in [1.807, 2.05) is 23.1 Å². The minimum atomic E-state index is -1.01. The van der Waals surface area contributed by atoms with E-state index in [4.69, 9.17) is 16.7 Å². The van der Waals surface area contributed by atoms with Crippen molar-refractivity contribution in [2.24, 2.45) is 0 Å². The van der Waals surface area contributed by atoms with Gasteiger partial charge in [-0.2, -0.15) is 0 Å². The van der Waals surface area contributed by atoms with Gasteiger partial charge in [0, 0.05) is 31.1 Å². The quantitative estimate of drug-likeness (QED) is 0.872. The standard InChI is InChI=1S/C19H23ClN2O4/c1-12(23)22(11-18(24)25)15-3-2-7-21(8-6-15)19(26)17-9-13-4-5-14(20)10-16(13)17/h4-5,10,15,17H,2-3,6-9,11H2,1H3,(H,24,25). The summed E-state index contributed by atoms with van der Waals surface area (Å²) in [6.07, 6.45) is 2.82. The average molecular weight is 379 g/mol. The van der Waals surface area contributed by atoms with Gasteiger partial charge in [-0.15, -0.1) is 0 Å². The van der Waals surface area contributed by atoms with Crippen LogP contribution in [-0.4, -0.2) is 58.4 Å². The molecule has 1 aromatic rings. The van der Waals surface area contributed by atoms with Crippen molar-refractivity contribution in [2.45, 2.75) is 44.6 Å². The molecule has 0 aromatic heterocycles. The number of fused-ring (bicyclic) bond motifs is 1. The molecule has 0 bridgehead atoms. The molecule has 1 saturated heterocycles. The van der Waals surface area contributed by atoms with Gasteiger partial charge in [0.15, 0.2) is 0 Å². The van der Waals surface area contributed by atoms with E-state index >= 15 is 0 Å². The van der Waals surface area contributed by atoms with Crippen molar-refractivity contribution in [1.82, 2.24) is 9.80 Å². The minimum Gasteiger partial charge on any atom is -0.480 e. The first-order valence-corrected chi connectivity index (χ1v) is 9.30. The summed E-state index contributed by atoms with van der Waals surface area (Å²) in [5, 5.41) is 9.67. The number of carbonyl (C=O) groups is 3. The first kappa shape index (κ1) is 18.7. The summed E-state index contributed by atoms with van der Waals surface area (Å²) in [6.45, 7) is 2.29. The molecule has 26 heavy (non-hydrogen) atoms. The number of aliphatic carboxylic acids is 1. The molecule has 1 aromatic carbocycles. The second kappa shape index (κ2) is 7.66. The Hall–Kier alpha value is -2.08. The molecule has 0 spiro atoms. The highest BCUT2D eigenvalue weighted by Crippen LogP contribution is 2.38. The number of nitrogens with zero attached hydrogens (tertiary/aromatic N) is 2. The summed E-state index contributed by atoms with van der Waals surface area (Å²) >= 11 is 6.05. The number of hydrogen-bond donors (Lipinski definition) is 1. The van der Waals surface area contributed by atoms with Crippen molar-refractivity contribution >= 4 is 29.4 Å². The van der Waals surface area contributed by atoms with Gasteiger partial charge in [0.25, 0.3) is 0 Å². The van der Waals surface area contributed by atoms with Gasteiger partial charge < -0.3 is 14.9 Å². The highest BCUT2D eigenvalue weighted by Gasteiger charge is 2.36. The van der Waals surface area contributed by atoms with Crippen LogP contribution < -0.4 is 0 Å². The SMILES string of the molecule is CC(=O)N(CC(=O)O)C1CCCN(C(=O)C2Cc3ccc(Cl)cc32)CC1. The Morgan fingerprint density at radius 1 is 1.27 bits per heavy atom. The third-order valence-electron chi connectivity index (χ3n) is 5.37. The maximum absolute atomic E-state index is 12.9. The molecule has 0 radical (unpaired) electrons. The first-order chi connectivity index (χ1) is 12.4. The van der Waals surface area contributed by atoms with Crippen LogP contribution in [0.2, 0.25) is 5.02 Å². The maximum Gasteiger partial charge on any atom is 0.323 e. The number of halogens is 1. The van der Waals surface area contributed by atoms with Gasteiger partial charge in [0.2, 0.25) is 11.8 Å². The Balaban J connectivity index is 1.64. The molecular formula is C19H23ClN2O4. The zero-order valence-electron chi connectivity index (χ0n) is 14.8. The number of carbonyl (C=O) groups excluding carboxylic acids is 2. The number of hydrogen-bond acceptors (Lipinski definition) is 3. The lowest BCUT2D eigenvalue weighted by atomic mass is 9.77. The molecule has 7 heteroatoms. The number of carboxylic acid groups (broad SMARTS) is 1.